The molecule has 1 aromatic carbocycles. The van der Waals surface area contributed by atoms with Gasteiger partial charge in [0.25, 0.3) is 0 Å². The predicted molar refractivity (Wildman–Crippen MR) is 86.3 cm³/mol. The van der Waals surface area contributed by atoms with Crippen LogP contribution in [0.5, 0.6) is 0 Å². The highest BCUT2D eigenvalue weighted by molar-refractivity contribution is 7.92. The number of rotatable bonds is 3. The zero-order chi connectivity index (χ0) is 15.6. The lowest BCUT2D eigenvalue weighted by Crippen LogP contribution is -2.38. The first-order valence-corrected chi connectivity index (χ1v) is 11.0. The maximum absolute atomic E-state index is 13.1. The molecule has 1 unspecified atom stereocenters. The van der Waals surface area contributed by atoms with Crippen molar-refractivity contribution < 1.29 is 4.21 Å². The van der Waals surface area contributed by atoms with Crippen LogP contribution in [0, 0.1) is 11.3 Å². The van der Waals surface area contributed by atoms with E-state index in [1.165, 1.54) is 0 Å². The topological polar surface area (TPSA) is 65.2 Å². The number of hydrogen-bond acceptors (Lipinski definition) is 3. The largest absolute Gasteiger partial charge is 0.261 e. The fourth-order valence-corrected chi connectivity index (χ4v) is 6.58. The first-order chi connectivity index (χ1) is 9.05. The number of nitriles is 1. The molecule has 0 aliphatic carbocycles. The van der Waals surface area contributed by atoms with E-state index in [-0.39, 0.29) is 5.04 Å². The van der Waals surface area contributed by atoms with Crippen LogP contribution < -0.4 is 4.72 Å². The fourth-order valence-electron chi connectivity index (χ4n) is 1.39. The molecule has 0 radical (unpaired) electrons. The van der Waals surface area contributed by atoms with E-state index in [4.69, 9.17) is 9.29 Å². The van der Waals surface area contributed by atoms with Crippen molar-refractivity contribution in [2.75, 3.05) is 7.05 Å². The standard InChI is InChI=1S/C14H23N3OSSi/c1-14(2,3)20(5,6)17-19(18,16-4)13-9-7-12(11-15)8-10-13/h7-10H,1-6H3,(H,16,17,18). The normalized spacial score (nSPS) is 15.2. The maximum atomic E-state index is 13.1. The van der Waals surface area contributed by atoms with E-state index in [9.17, 15) is 4.21 Å². The zero-order valence-electron chi connectivity index (χ0n) is 13.0. The van der Waals surface area contributed by atoms with Crippen molar-refractivity contribution in [1.82, 2.24) is 4.72 Å². The first-order valence-electron chi connectivity index (χ1n) is 6.53. The van der Waals surface area contributed by atoms with Gasteiger partial charge in [0.15, 0.2) is 8.24 Å². The Bertz CT molecular complexity index is 630. The Morgan fingerprint density at radius 1 is 1.25 bits per heavy atom. The Balaban J connectivity index is 3.41. The molecule has 1 aromatic rings. The summed E-state index contributed by atoms with van der Waals surface area (Å²) in [6.45, 7) is 10.6. The van der Waals surface area contributed by atoms with Gasteiger partial charge in [-0.25, -0.2) is 8.93 Å². The smallest absolute Gasteiger partial charge is 0.195 e. The summed E-state index contributed by atoms with van der Waals surface area (Å²) >= 11 is 0. The SMILES string of the molecule is CNS(=O)(=N[Si](C)(C)C(C)(C)C)c1ccc(C#N)cc1. The molecule has 0 heterocycles. The first kappa shape index (κ1) is 16.9. The molecule has 0 spiro atoms. The lowest BCUT2D eigenvalue weighted by Gasteiger charge is -2.33. The Labute approximate surface area is 123 Å². The average molecular weight is 310 g/mol. The molecule has 0 bridgehead atoms. The zero-order valence-corrected chi connectivity index (χ0v) is 14.8. The predicted octanol–water partition coefficient (Wildman–Crippen LogP) is 3.52. The van der Waals surface area contributed by atoms with Crippen LogP contribution in [0.1, 0.15) is 26.3 Å². The minimum Gasteiger partial charge on any atom is -0.261 e. The summed E-state index contributed by atoms with van der Waals surface area (Å²) in [4.78, 5) is 0.629. The Morgan fingerprint density at radius 2 is 1.75 bits per heavy atom. The third-order valence-electron chi connectivity index (χ3n) is 3.77. The van der Waals surface area contributed by atoms with Crippen LogP contribution >= 0.6 is 0 Å². The molecule has 0 aromatic heterocycles. The molecule has 0 aliphatic rings. The molecule has 1 N–H and O–H groups in total. The quantitative estimate of drug-likeness (QED) is 0.868. The molecule has 0 fully saturated rings. The highest BCUT2D eigenvalue weighted by Gasteiger charge is 2.37. The van der Waals surface area contributed by atoms with Gasteiger partial charge >= 0.3 is 0 Å². The van der Waals surface area contributed by atoms with Crippen molar-refractivity contribution in [2.45, 2.75) is 43.8 Å². The summed E-state index contributed by atoms with van der Waals surface area (Å²) in [6, 6.07) is 8.84. The van der Waals surface area contributed by atoms with Crippen molar-refractivity contribution in [3.63, 3.8) is 0 Å². The maximum Gasteiger partial charge on any atom is 0.195 e. The Hall–Kier alpha value is -1.16. The molecule has 110 valence electrons. The highest BCUT2D eigenvalue weighted by Crippen LogP contribution is 2.38. The van der Waals surface area contributed by atoms with Crippen LogP contribution in [-0.4, -0.2) is 19.5 Å². The molecule has 0 saturated heterocycles. The third-order valence-corrected chi connectivity index (χ3v) is 11.8. The van der Waals surface area contributed by atoms with E-state index in [0.717, 1.165) is 0 Å². The van der Waals surface area contributed by atoms with Crippen molar-refractivity contribution in [1.29, 1.82) is 5.26 Å². The van der Waals surface area contributed by atoms with Crippen LogP contribution in [0.3, 0.4) is 0 Å². The van der Waals surface area contributed by atoms with Gasteiger partial charge in [-0.15, -0.1) is 0 Å². The van der Waals surface area contributed by atoms with Gasteiger partial charge in [0.05, 0.1) is 16.5 Å². The summed E-state index contributed by atoms with van der Waals surface area (Å²) in [7, 11) is -3.02. The molecular formula is C14H23N3OSSi. The second-order valence-corrected chi connectivity index (χ2v) is 13.5. The second-order valence-electron chi connectivity index (χ2n) is 6.27. The summed E-state index contributed by atoms with van der Waals surface area (Å²) in [5.41, 5.74) is 0.555. The van der Waals surface area contributed by atoms with E-state index in [0.29, 0.717) is 10.5 Å². The van der Waals surface area contributed by atoms with Gasteiger partial charge in [0.1, 0.15) is 9.92 Å². The Kier molecular flexibility index (Phi) is 4.80. The average Bonchev–Trinajstić information content (AvgIpc) is 2.37. The van der Waals surface area contributed by atoms with Gasteiger partial charge in [-0.1, -0.05) is 20.8 Å². The molecule has 0 aliphatic heterocycles. The summed E-state index contributed by atoms with van der Waals surface area (Å²) in [5, 5.41) is 8.85. The number of nitrogens with one attached hydrogen (secondary N) is 1. The number of nitrogens with zero attached hydrogens (tertiary/aromatic N) is 2. The van der Waals surface area contributed by atoms with Gasteiger partial charge in [-0.05, 0) is 49.4 Å². The van der Waals surface area contributed by atoms with Crippen LogP contribution in [0.2, 0.25) is 18.1 Å². The molecule has 0 saturated carbocycles. The van der Waals surface area contributed by atoms with Crippen LogP contribution in [0.25, 0.3) is 0 Å². The van der Waals surface area contributed by atoms with Crippen molar-refractivity contribution in [3.8, 4) is 6.07 Å². The fraction of sp³-hybridized carbons (Fsp3) is 0.500. The van der Waals surface area contributed by atoms with E-state index >= 15 is 0 Å². The molecule has 1 rings (SSSR count). The van der Waals surface area contributed by atoms with Crippen LogP contribution in [0.4, 0.5) is 0 Å². The van der Waals surface area contributed by atoms with Gasteiger partial charge in [-0.2, -0.15) is 5.26 Å². The van der Waals surface area contributed by atoms with E-state index in [1.807, 2.05) is 0 Å². The van der Waals surface area contributed by atoms with E-state index in [2.05, 4.69) is 44.7 Å². The number of benzene rings is 1. The molecule has 0 amide bonds. The van der Waals surface area contributed by atoms with Gasteiger partial charge in [0, 0.05) is 0 Å². The van der Waals surface area contributed by atoms with Crippen molar-refractivity contribution >= 4 is 18.2 Å². The summed E-state index contributed by atoms with van der Waals surface area (Å²) in [5.74, 6) is 0. The van der Waals surface area contributed by atoms with Crippen molar-refractivity contribution in [3.05, 3.63) is 29.8 Å². The highest BCUT2D eigenvalue weighted by atomic mass is 32.2. The summed E-state index contributed by atoms with van der Waals surface area (Å²) in [6.07, 6.45) is 0. The Morgan fingerprint density at radius 3 is 2.10 bits per heavy atom. The van der Waals surface area contributed by atoms with E-state index < -0.39 is 18.2 Å². The van der Waals surface area contributed by atoms with E-state index in [1.54, 1.807) is 31.3 Å². The third kappa shape index (κ3) is 3.48. The minimum absolute atomic E-state index is 0.0269. The molecule has 6 heteroatoms. The van der Waals surface area contributed by atoms with Gasteiger partial charge < -0.3 is 0 Å². The molecular weight excluding hydrogens is 286 g/mol. The molecule has 20 heavy (non-hydrogen) atoms. The molecule has 4 nitrogen and oxygen atoms in total. The lowest BCUT2D eigenvalue weighted by molar-refractivity contribution is 0.668. The van der Waals surface area contributed by atoms with Gasteiger partial charge in [-0.3, -0.25) is 4.03 Å². The lowest BCUT2D eigenvalue weighted by atomic mass is 10.2. The summed E-state index contributed by atoms with van der Waals surface area (Å²) < 4.78 is 20.7. The van der Waals surface area contributed by atoms with Crippen LogP contribution in [0.15, 0.2) is 33.2 Å². The number of hydrogen-bond donors (Lipinski definition) is 1. The van der Waals surface area contributed by atoms with Gasteiger partial charge in [0.2, 0.25) is 0 Å². The minimum atomic E-state index is -2.64. The molecule has 1 atom stereocenters. The van der Waals surface area contributed by atoms with Crippen molar-refractivity contribution in [2.24, 2.45) is 4.03 Å². The second kappa shape index (κ2) is 5.68. The van der Waals surface area contributed by atoms with Crippen LogP contribution in [-0.2, 0) is 9.92 Å². The monoisotopic (exact) mass is 309 g/mol.